The van der Waals surface area contributed by atoms with Crippen molar-refractivity contribution < 1.29 is 5.11 Å². The molecule has 0 spiro atoms. The number of aliphatic imine (C=N–C) groups is 1. The Kier molecular flexibility index (Phi) is 7.18. The Labute approximate surface area is 132 Å². The molecule has 1 aromatic heterocycles. The number of aryl methyl sites for hydroxylation is 1. The number of nitrogens with one attached hydrogen (secondary N) is 2. The van der Waals surface area contributed by atoms with Crippen LogP contribution in [-0.4, -0.2) is 36.8 Å². The van der Waals surface area contributed by atoms with Gasteiger partial charge in [-0.1, -0.05) is 13.8 Å². The van der Waals surface area contributed by atoms with Crippen LogP contribution in [0.3, 0.4) is 0 Å². The molecule has 1 rings (SSSR count). The van der Waals surface area contributed by atoms with Crippen molar-refractivity contribution >= 4 is 17.3 Å². The fourth-order valence-corrected chi connectivity index (χ4v) is 2.86. The molecule has 0 amide bonds. The first kappa shape index (κ1) is 18.0. The summed E-state index contributed by atoms with van der Waals surface area (Å²) in [5, 5.41) is 16.0. The average molecular weight is 311 g/mol. The fraction of sp³-hybridized carbons (Fsp3) is 0.688. The Hall–Kier alpha value is -1.07. The minimum Gasteiger partial charge on any atom is -0.396 e. The summed E-state index contributed by atoms with van der Waals surface area (Å²) in [7, 11) is 0. The summed E-state index contributed by atoms with van der Waals surface area (Å²) < 4.78 is 0. The Bertz CT molecular complexity index is 454. The molecule has 0 aliphatic heterocycles. The highest BCUT2D eigenvalue weighted by Crippen LogP contribution is 2.17. The lowest BCUT2D eigenvalue weighted by atomic mass is 9.95. The van der Waals surface area contributed by atoms with Gasteiger partial charge in [0.1, 0.15) is 0 Å². The molecule has 0 aliphatic carbocycles. The zero-order chi connectivity index (χ0) is 15.9. The smallest absolute Gasteiger partial charge is 0.191 e. The second kappa shape index (κ2) is 8.39. The summed E-state index contributed by atoms with van der Waals surface area (Å²) in [4.78, 5) is 7.32. The molecule has 3 N–H and O–H groups in total. The minimum atomic E-state index is -0.184. The third kappa shape index (κ3) is 6.96. The molecule has 1 atom stereocenters. The van der Waals surface area contributed by atoms with Crippen LogP contribution >= 0.6 is 11.3 Å². The van der Waals surface area contributed by atoms with Crippen molar-refractivity contribution in [2.75, 3.05) is 19.7 Å². The van der Waals surface area contributed by atoms with Gasteiger partial charge in [-0.3, -0.25) is 4.99 Å². The summed E-state index contributed by atoms with van der Waals surface area (Å²) in [6.07, 6.45) is 0.992. The average Bonchev–Trinajstić information content (AvgIpc) is 2.81. The monoisotopic (exact) mass is 311 g/mol. The first-order chi connectivity index (χ1) is 9.86. The standard InChI is InChI=1S/C16H29N3OS/c1-6-17-15(18-10-16(4,5)11-20)19-12(2)9-14-8-7-13(3)21-14/h7-8,12,20H,6,9-11H2,1-5H3,(H2,17,18,19). The van der Waals surface area contributed by atoms with E-state index in [0.717, 1.165) is 18.9 Å². The van der Waals surface area contributed by atoms with Gasteiger partial charge in [-0.2, -0.15) is 0 Å². The van der Waals surface area contributed by atoms with Gasteiger partial charge >= 0.3 is 0 Å². The van der Waals surface area contributed by atoms with E-state index in [1.807, 2.05) is 25.2 Å². The Balaban J connectivity index is 2.58. The van der Waals surface area contributed by atoms with E-state index in [-0.39, 0.29) is 12.0 Å². The van der Waals surface area contributed by atoms with Gasteiger partial charge in [-0.15, -0.1) is 11.3 Å². The highest BCUT2D eigenvalue weighted by molar-refractivity contribution is 7.11. The lowest BCUT2D eigenvalue weighted by molar-refractivity contribution is 0.167. The molecule has 0 saturated heterocycles. The Morgan fingerprint density at radius 3 is 2.67 bits per heavy atom. The van der Waals surface area contributed by atoms with Crippen LogP contribution in [-0.2, 0) is 6.42 Å². The van der Waals surface area contributed by atoms with E-state index < -0.39 is 0 Å². The molecule has 0 bridgehead atoms. The maximum absolute atomic E-state index is 9.31. The normalized spacial score (nSPS) is 14.1. The van der Waals surface area contributed by atoms with Crippen LogP contribution in [0.5, 0.6) is 0 Å². The van der Waals surface area contributed by atoms with Crippen LogP contribution in [0.1, 0.15) is 37.4 Å². The number of aliphatic hydroxyl groups is 1. The predicted octanol–water partition coefficient (Wildman–Crippen LogP) is 2.56. The van der Waals surface area contributed by atoms with E-state index >= 15 is 0 Å². The van der Waals surface area contributed by atoms with Gasteiger partial charge in [0.05, 0.1) is 6.54 Å². The van der Waals surface area contributed by atoms with Gasteiger partial charge in [0, 0.05) is 40.8 Å². The molecule has 0 aromatic carbocycles. The van der Waals surface area contributed by atoms with Crippen LogP contribution in [0, 0.1) is 12.3 Å². The second-order valence-corrected chi connectivity index (χ2v) is 7.65. The third-order valence-electron chi connectivity index (χ3n) is 3.12. The van der Waals surface area contributed by atoms with Crippen LogP contribution in [0.15, 0.2) is 17.1 Å². The number of guanidine groups is 1. The van der Waals surface area contributed by atoms with E-state index in [4.69, 9.17) is 0 Å². The molecule has 120 valence electrons. The number of hydrogen-bond donors (Lipinski definition) is 3. The van der Waals surface area contributed by atoms with Gasteiger partial charge in [-0.25, -0.2) is 0 Å². The molecular weight excluding hydrogens is 282 g/mol. The first-order valence-corrected chi connectivity index (χ1v) is 8.39. The molecule has 1 heterocycles. The fourth-order valence-electron chi connectivity index (χ4n) is 1.84. The van der Waals surface area contributed by atoms with Crippen LogP contribution in [0.4, 0.5) is 0 Å². The third-order valence-corrected chi connectivity index (χ3v) is 4.15. The zero-order valence-corrected chi connectivity index (χ0v) is 14.7. The number of rotatable bonds is 7. The summed E-state index contributed by atoms with van der Waals surface area (Å²) in [6, 6.07) is 4.67. The lowest BCUT2D eigenvalue weighted by Crippen LogP contribution is -2.43. The topological polar surface area (TPSA) is 56.7 Å². The molecule has 1 aromatic rings. The molecule has 1 unspecified atom stereocenters. The van der Waals surface area contributed by atoms with Crippen molar-refractivity contribution in [3.05, 3.63) is 21.9 Å². The molecule has 0 radical (unpaired) electrons. The van der Waals surface area contributed by atoms with Gasteiger partial charge in [0.25, 0.3) is 0 Å². The van der Waals surface area contributed by atoms with Gasteiger partial charge in [-0.05, 0) is 32.9 Å². The number of thiophene rings is 1. The molecule has 0 saturated carbocycles. The zero-order valence-electron chi connectivity index (χ0n) is 13.9. The number of hydrogen-bond acceptors (Lipinski definition) is 3. The molecule has 4 nitrogen and oxygen atoms in total. The van der Waals surface area contributed by atoms with Crippen molar-refractivity contribution in [1.29, 1.82) is 0 Å². The van der Waals surface area contributed by atoms with Crippen LogP contribution in [0.2, 0.25) is 0 Å². The van der Waals surface area contributed by atoms with Crippen molar-refractivity contribution in [1.82, 2.24) is 10.6 Å². The molecular formula is C16H29N3OS. The van der Waals surface area contributed by atoms with Gasteiger partial charge in [0.2, 0.25) is 0 Å². The quantitative estimate of drug-likeness (QED) is 0.536. The predicted molar refractivity (Wildman–Crippen MR) is 92.2 cm³/mol. The number of aliphatic hydroxyl groups excluding tert-OH is 1. The van der Waals surface area contributed by atoms with E-state index in [1.54, 1.807) is 0 Å². The van der Waals surface area contributed by atoms with Crippen LogP contribution < -0.4 is 10.6 Å². The molecule has 0 aliphatic rings. The number of nitrogens with zero attached hydrogens (tertiary/aromatic N) is 1. The maximum atomic E-state index is 9.31. The van der Waals surface area contributed by atoms with Gasteiger partial charge in [0.15, 0.2) is 5.96 Å². The molecule has 21 heavy (non-hydrogen) atoms. The van der Waals surface area contributed by atoms with Crippen LogP contribution in [0.25, 0.3) is 0 Å². The summed E-state index contributed by atoms with van der Waals surface area (Å²) in [6.45, 7) is 11.9. The largest absolute Gasteiger partial charge is 0.396 e. The summed E-state index contributed by atoms with van der Waals surface area (Å²) >= 11 is 1.84. The Morgan fingerprint density at radius 2 is 2.14 bits per heavy atom. The van der Waals surface area contributed by atoms with Crippen molar-refractivity contribution in [2.45, 2.75) is 47.1 Å². The van der Waals surface area contributed by atoms with Crippen molar-refractivity contribution in [2.24, 2.45) is 10.4 Å². The highest BCUT2D eigenvalue weighted by atomic mass is 32.1. The van der Waals surface area contributed by atoms with Crippen molar-refractivity contribution in [3.8, 4) is 0 Å². The van der Waals surface area contributed by atoms with E-state index in [0.29, 0.717) is 12.6 Å². The van der Waals surface area contributed by atoms with E-state index in [2.05, 4.69) is 48.5 Å². The maximum Gasteiger partial charge on any atom is 0.191 e. The van der Waals surface area contributed by atoms with Crippen molar-refractivity contribution in [3.63, 3.8) is 0 Å². The summed E-state index contributed by atoms with van der Waals surface area (Å²) in [5.74, 6) is 0.819. The highest BCUT2D eigenvalue weighted by Gasteiger charge is 2.16. The second-order valence-electron chi connectivity index (χ2n) is 6.28. The minimum absolute atomic E-state index is 0.139. The molecule has 5 heteroatoms. The SMILES string of the molecule is CCNC(=NCC(C)(C)CO)NC(C)Cc1ccc(C)s1. The van der Waals surface area contributed by atoms with E-state index in [1.165, 1.54) is 9.75 Å². The lowest BCUT2D eigenvalue weighted by Gasteiger charge is -2.21. The summed E-state index contributed by atoms with van der Waals surface area (Å²) in [5.41, 5.74) is -0.184. The Morgan fingerprint density at radius 1 is 1.43 bits per heavy atom. The molecule has 0 fully saturated rings. The first-order valence-electron chi connectivity index (χ1n) is 7.57. The van der Waals surface area contributed by atoms with Gasteiger partial charge < -0.3 is 15.7 Å². The van der Waals surface area contributed by atoms with E-state index in [9.17, 15) is 5.11 Å².